The van der Waals surface area contributed by atoms with Crippen LogP contribution in [0.3, 0.4) is 0 Å². The summed E-state index contributed by atoms with van der Waals surface area (Å²) < 4.78 is 0. The minimum atomic E-state index is 0.126. The van der Waals surface area contributed by atoms with E-state index in [-0.39, 0.29) is 5.78 Å². The molecule has 0 fully saturated rings. The van der Waals surface area contributed by atoms with Crippen LogP contribution in [0, 0.1) is 0 Å². The zero-order valence-corrected chi connectivity index (χ0v) is 12.3. The number of nitrogens with two attached hydrogens (primary N) is 1. The molecule has 2 aromatic rings. The molecular formula is C16H18BrNO. The van der Waals surface area contributed by atoms with Gasteiger partial charge in [0.25, 0.3) is 0 Å². The van der Waals surface area contributed by atoms with Crippen LogP contribution in [0.4, 0.5) is 0 Å². The van der Waals surface area contributed by atoms with E-state index in [1.165, 1.54) is 5.56 Å². The van der Waals surface area contributed by atoms with Gasteiger partial charge in [0.15, 0.2) is 5.78 Å². The van der Waals surface area contributed by atoms with E-state index in [0.29, 0.717) is 5.33 Å². The smallest absolute Gasteiger partial charge is 0.173 e. The summed E-state index contributed by atoms with van der Waals surface area (Å²) in [6.07, 6.45) is 0.987. The van der Waals surface area contributed by atoms with Gasteiger partial charge in [0.2, 0.25) is 0 Å². The number of hydrogen-bond donors (Lipinski definition) is 1. The quantitative estimate of drug-likeness (QED) is 0.692. The van der Waals surface area contributed by atoms with E-state index < -0.39 is 0 Å². The van der Waals surface area contributed by atoms with Crippen LogP contribution in [0.15, 0.2) is 60.7 Å². The Morgan fingerprint density at radius 2 is 1.47 bits per heavy atom. The summed E-state index contributed by atoms with van der Waals surface area (Å²) in [5.74, 6) is 0.126. The van der Waals surface area contributed by atoms with Crippen LogP contribution < -0.4 is 5.73 Å². The van der Waals surface area contributed by atoms with Crippen LogP contribution in [0.5, 0.6) is 0 Å². The van der Waals surface area contributed by atoms with E-state index in [0.717, 1.165) is 18.5 Å². The van der Waals surface area contributed by atoms with Gasteiger partial charge in [-0.25, -0.2) is 0 Å². The predicted molar refractivity (Wildman–Crippen MR) is 83.8 cm³/mol. The fraction of sp³-hybridized carbons (Fsp3) is 0.188. The Hall–Kier alpha value is -1.45. The Labute approximate surface area is 122 Å². The van der Waals surface area contributed by atoms with E-state index in [4.69, 9.17) is 5.73 Å². The Morgan fingerprint density at radius 1 is 0.947 bits per heavy atom. The number of rotatable bonds is 4. The zero-order chi connectivity index (χ0) is 13.9. The number of carbonyl (C=O) groups excluding carboxylic acids is 1. The minimum Gasteiger partial charge on any atom is -0.330 e. The highest BCUT2D eigenvalue weighted by Gasteiger charge is 1.99. The van der Waals surface area contributed by atoms with Gasteiger partial charge in [0.05, 0.1) is 5.33 Å². The molecule has 0 radical (unpaired) electrons. The molecule has 19 heavy (non-hydrogen) atoms. The van der Waals surface area contributed by atoms with E-state index in [1.54, 1.807) is 0 Å². The molecule has 0 bridgehead atoms. The third-order valence-electron chi connectivity index (χ3n) is 2.49. The fourth-order valence-corrected chi connectivity index (χ4v) is 1.84. The van der Waals surface area contributed by atoms with Crippen LogP contribution in [0.1, 0.15) is 15.9 Å². The van der Waals surface area contributed by atoms with Gasteiger partial charge in [0.1, 0.15) is 0 Å². The summed E-state index contributed by atoms with van der Waals surface area (Å²) >= 11 is 3.10. The summed E-state index contributed by atoms with van der Waals surface area (Å²) in [6, 6.07) is 19.5. The lowest BCUT2D eigenvalue weighted by atomic mass is 10.2. The van der Waals surface area contributed by atoms with Crippen LogP contribution in [-0.2, 0) is 6.42 Å². The van der Waals surface area contributed by atoms with Crippen molar-refractivity contribution in [3.63, 3.8) is 0 Å². The van der Waals surface area contributed by atoms with E-state index in [9.17, 15) is 4.79 Å². The molecule has 0 aliphatic rings. The maximum atomic E-state index is 11.0. The molecule has 2 rings (SSSR count). The number of hydrogen-bond acceptors (Lipinski definition) is 2. The van der Waals surface area contributed by atoms with Crippen LogP contribution in [0.2, 0.25) is 0 Å². The average Bonchev–Trinajstić information content (AvgIpc) is 2.49. The van der Waals surface area contributed by atoms with Crippen molar-refractivity contribution in [2.24, 2.45) is 5.73 Å². The largest absolute Gasteiger partial charge is 0.330 e. The van der Waals surface area contributed by atoms with Crippen molar-refractivity contribution in [3.05, 3.63) is 71.8 Å². The lowest BCUT2D eigenvalue weighted by Crippen LogP contribution is -2.01. The highest BCUT2D eigenvalue weighted by molar-refractivity contribution is 9.09. The summed E-state index contributed by atoms with van der Waals surface area (Å²) in [6.45, 7) is 0.740. The number of carbonyl (C=O) groups is 1. The first-order valence-electron chi connectivity index (χ1n) is 6.16. The molecule has 0 spiro atoms. The molecule has 0 heterocycles. The van der Waals surface area contributed by atoms with Crippen molar-refractivity contribution < 1.29 is 4.79 Å². The van der Waals surface area contributed by atoms with Crippen molar-refractivity contribution in [2.45, 2.75) is 6.42 Å². The molecular weight excluding hydrogens is 302 g/mol. The number of halogens is 1. The normalized spacial score (nSPS) is 9.37. The fourth-order valence-electron chi connectivity index (χ4n) is 1.51. The lowest BCUT2D eigenvalue weighted by Gasteiger charge is -1.93. The first-order chi connectivity index (χ1) is 9.27. The minimum absolute atomic E-state index is 0.126. The maximum absolute atomic E-state index is 11.0. The topological polar surface area (TPSA) is 43.1 Å². The standard InChI is InChI=1S/C8H7BrO.C8H11N/c9-6-8(10)7-4-2-1-3-5-7;9-7-6-8-4-2-1-3-5-8/h1-5H,6H2;1-5H,6-7,9H2. The molecule has 0 unspecified atom stereocenters. The summed E-state index contributed by atoms with van der Waals surface area (Å²) in [7, 11) is 0. The predicted octanol–water partition coefficient (Wildman–Crippen LogP) is 3.45. The number of ketones is 1. The molecule has 2 N–H and O–H groups in total. The molecule has 0 amide bonds. The molecule has 0 aromatic heterocycles. The van der Waals surface area contributed by atoms with Gasteiger partial charge in [-0.3, -0.25) is 4.79 Å². The van der Waals surface area contributed by atoms with Crippen molar-refractivity contribution in [3.8, 4) is 0 Å². The van der Waals surface area contributed by atoms with Crippen LogP contribution >= 0.6 is 15.9 Å². The Morgan fingerprint density at radius 3 is 1.95 bits per heavy atom. The summed E-state index contributed by atoms with van der Waals surface area (Å²) in [4.78, 5) is 11.0. The van der Waals surface area contributed by atoms with Crippen LogP contribution in [0.25, 0.3) is 0 Å². The third-order valence-corrected chi connectivity index (χ3v) is 3.00. The van der Waals surface area contributed by atoms with Gasteiger partial charge in [-0.2, -0.15) is 0 Å². The van der Waals surface area contributed by atoms with E-state index in [1.807, 2.05) is 48.5 Å². The first kappa shape index (κ1) is 15.6. The van der Waals surface area contributed by atoms with Gasteiger partial charge in [-0.1, -0.05) is 76.6 Å². The second-order valence-corrected chi connectivity index (χ2v) is 4.51. The SMILES string of the molecule is NCCc1ccccc1.O=C(CBr)c1ccccc1. The van der Waals surface area contributed by atoms with E-state index >= 15 is 0 Å². The van der Waals surface area contributed by atoms with Crippen molar-refractivity contribution in [2.75, 3.05) is 11.9 Å². The van der Waals surface area contributed by atoms with Crippen molar-refractivity contribution in [1.29, 1.82) is 0 Å². The Balaban J connectivity index is 0.000000191. The van der Waals surface area contributed by atoms with Crippen LogP contribution in [-0.4, -0.2) is 17.7 Å². The van der Waals surface area contributed by atoms with E-state index in [2.05, 4.69) is 28.1 Å². The summed E-state index contributed by atoms with van der Waals surface area (Å²) in [5, 5.41) is 0.400. The second-order valence-electron chi connectivity index (χ2n) is 3.95. The van der Waals surface area contributed by atoms with Gasteiger partial charge in [0, 0.05) is 5.56 Å². The monoisotopic (exact) mass is 319 g/mol. The molecule has 3 heteroatoms. The molecule has 0 aliphatic heterocycles. The number of benzene rings is 2. The Bertz CT molecular complexity index is 471. The molecule has 0 atom stereocenters. The lowest BCUT2D eigenvalue weighted by molar-refractivity contribution is 0.102. The van der Waals surface area contributed by atoms with Crippen molar-refractivity contribution in [1.82, 2.24) is 0 Å². The number of Topliss-reactive ketones (excluding diaryl/α,β-unsaturated/α-hetero) is 1. The zero-order valence-electron chi connectivity index (χ0n) is 10.8. The highest BCUT2D eigenvalue weighted by Crippen LogP contribution is 2.01. The highest BCUT2D eigenvalue weighted by atomic mass is 79.9. The third kappa shape index (κ3) is 6.32. The van der Waals surface area contributed by atoms with Gasteiger partial charge in [-0.15, -0.1) is 0 Å². The number of alkyl halides is 1. The molecule has 0 saturated heterocycles. The van der Waals surface area contributed by atoms with Crippen molar-refractivity contribution >= 4 is 21.7 Å². The van der Waals surface area contributed by atoms with Gasteiger partial charge >= 0.3 is 0 Å². The summed E-state index contributed by atoms with van der Waals surface area (Å²) in [5.41, 5.74) is 7.44. The second kappa shape index (κ2) is 9.48. The van der Waals surface area contributed by atoms with Gasteiger partial charge < -0.3 is 5.73 Å². The molecule has 2 nitrogen and oxygen atoms in total. The molecule has 100 valence electrons. The molecule has 2 aromatic carbocycles. The Kier molecular flexibility index (Phi) is 7.78. The molecule has 0 aliphatic carbocycles. The van der Waals surface area contributed by atoms with Gasteiger partial charge in [-0.05, 0) is 18.5 Å². The molecule has 0 saturated carbocycles. The first-order valence-corrected chi connectivity index (χ1v) is 7.28. The average molecular weight is 320 g/mol. The maximum Gasteiger partial charge on any atom is 0.173 e.